The Hall–Kier alpha value is -2.38. The molecule has 1 atom stereocenters. The summed E-state index contributed by atoms with van der Waals surface area (Å²) in [5, 5.41) is 3.04. The van der Waals surface area contributed by atoms with Crippen molar-refractivity contribution in [2.45, 2.75) is 44.0 Å². The Kier molecular flexibility index (Phi) is 8.22. The van der Waals surface area contributed by atoms with Crippen molar-refractivity contribution >= 4 is 15.9 Å². The predicted octanol–water partition coefficient (Wildman–Crippen LogP) is 3.67. The van der Waals surface area contributed by atoms with Crippen LogP contribution in [0.4, 0.5) is 0 Å². The van der Waals surface area contributed by atoms with Crippen LogP contribution in [0.25, 0.3) is 0 Å². The highest BCUT2D eigenvalue weighted by Gasteiger charge is 2.21. The number of carbonyl (C=O) groups is 1. The van der Waals surface area contributed by atoms with E-state index in [0.717, 1.165) is 12.0 Å². The van der Waals surface area contributed by atoms with Crippen LogP contribution in [0, 0.1) is 6.92 Å². The first-order valence-electron chi connectivity index (χ1n) is 9.74. The summed E-state index contributed by atoms with van der Waals surface area (Å²) in [5.74, 6) is 0.523. The van der Waals surface area contributed by atoms with E-state index in [4.69, 9.17) is 4.74 Å². The van der Waals surface area contributed by atoms with Crippen molar-refractivity contribution in [1.29, 1.82) is 0 Å². The summed E-state index contributed by atoms with van der Waals surface area (Å²) in [6.45, 7) is 4.32. The van der Waals surface area contributed by atoms with Gasteiger partial charge in [-0.2, -0.15) is 0 Å². The van der Waals surface area contributed by atoms with Crippen LogP contribution in [0.15, 0.2) is 53.4 Å². The Bertz CT molecular complexity index is 893. The lowest BCUT2D eigenvalue weighted by atomic mass is 10.0. The Balaban J connectivity index is 1.87. The molecule has 0 aliphatic heterocycles. The Labute approximate surface area is 173 Å². The number of methoxy groups -OCH3 is 1. The van der Waals surface area contributed by atoms with Gasteiger partial charge in [0.2, 0.25) is 15.9 Å². The van der Waals surface area contributed by atoms with Crippen molar-refractivity contribution in [1.82, 2.24) is 9.62 Å². The van der Waals surface area contributed by atoms with Crippen LogP contribution in [0.5, 0.6) is 5.75 Å². The molecular weight excluding hydrogens is 388 g/mol. The van der Waals surface area contributed by atoms with Gasteiger partial charge in [0.05, 0.1) is 18.0 Å². The largest absolute Gasteiger partial charge is 0.497 e. The molecule has 6 nitrogen and oxygen atoms in total. The number of rotatable bonds is 10. The van der Waals surface area contributed by atoms with Gasteiger partial charge < -0.3 is 10.1 Å². The number of benzene rings is 2. The van der Waals surface area contributed by atoms with Gasteiger partial charge in [0.1, 0.15) is 5.75 Å². The second kappa shape index (κ2) is 10.4. The van der Waals surface area contributed by atoms with Gasteiger partial charge in [-0.1, -0.05) is 36.8 Å². The lowest BCUT2D eigenvalue weighted by Crippen LogP contribution is -2.31. The molecule has 1 amide bonds. The van der Waals surface area contributed by atoms with Gasteiger partial charge >= 0.3 is 0 Å². The minimum Gasteiger partial charge on any atom is -0.497 e. The topological polar surface area (TPSA) is 75.7 Å². The molecule has 29 heavy (non-hydrogen) atoms. The first-order valence-corrected chi connectivity index (χ1v) is 11.2. The van der Waals surface area contributed by atoms with Gasteiger partial charge in [-0.3, -0.25) is 4.79 Å². The van der Waals surface area contributed by atoms with E-state index in [1.54, 1.807) is 12.1 Å². The molecule has 0 radical (unpaired) electrons. The quantitative estimate of drug-likeness (QED) is 0.639. The molecule has 0 saturated carbocycles. The molecule has 1 N–H and O–H groups in total. The van der Waals surface area contributed by atoms with E-state index in [-0.39, 0.29) is 29.8 Å². The van der Waals surface area contributed by atoms with Crippen LogP contribution in [-0.4, -0.2) is 39.3 Å². The second-order valence-corrected chi connectivity index (χ2v) is 9.09. The lowest BCUT2D eigenvalue weighted by molar-refractivity contribution is -0.122. The van der Waals surface area contributed by atoms with E-state index in [1.807, 2.05) is 38.1 Å². The van der Waals surface area contributed by atoms with Crippen molar-refractivity contribution in [3.8, 4) is 5.75 Å². The third-order valence-corrected chi connectivity index (χ3v) is 6.74. The number of hydrogen-bond acceptors (Lipinski definition) is 4. The monoisotopic (exact) mass is 418 g/mol. The summed E-state index contributed by atoms with van der Waals surface area (Å²) in [5.41, 5.74) is 2.25. The maximum Gasteiger partial charge on any atom is 0.242 e. The molecule has 1 unspecified atom stereocenters. The molecule has 0 aliphatic rings. The molecule has 0 heterocycles. The van der Waals surface area contributed by atoms with E-state index in [2.05, 4.69) is 5.32 Å². The number of aryl methyl sites for hydroxylation is 1. The fourth-order valence-corrected chi connectivity index (χ4v) is 4.21. The van der Waals surface area contributed by atoms with E-state index < -0.39 is 10.0 Å². The number of amides is 1. The van der Waals surface area contributed by atoms with Crippen molar-refractivity contribution < 1.29 is 17.9 Å². The number of nitrogens with one attached hydrogen (secondary N) is 1. The number of hydrogen-bond donors (Lipinski definition) is 1. The zero-order valence-electron chi connectivity index (χ0n) is 17.5. The normalized spacial score (nSPS) is 12.6. The lowest BCUT2D eigenvalue weighted by Gasteiger charge is -2.19. The smallest absolute Gasteiger partial charge is 0.242 e. The third-order valence-electron chi connectivity index (χ3n) is 4.87. The van der Waals surface area contributed by atoms with Crippen LogP contribution in [-0.2, 0) is 14.8 Å². The van der Waals surface area contributed by atoms with Crippen molar-refractivity contribution in [3.63, 3.8) is 0 Å². The van der Waals surface area contributed by atoms with Gasteiger partial charge in [0.15, 0.2) is 0 Å². The molecule has 0 fully saturated rings. The Morgan fingerprint density at radius 3 is 2.28 bits per heavy atom. The number of sulfonamides is 1. The number of ether oxygens (including phenoxy) is 1. The second-order valence-electron chi connectivity index (χ2n) is 7.04. The summed E-state index contributed by atoms with van der Waals surface area (Å²) >= 11 is 0. The predicted molar refractivity (Wildman–Crippen MR) is 114 cm³/mol. The molecule has 0 saturated heterocycles. The van der Waals surface area contributed by atoms with E-state index in [1.165, 1.54) is 36.2 Å². The fraction of sp³-hybridized carbons (Fsp3) is 0.409. The third kappa shape index (κ3) is 6.30. The molecule has 2 aromatic carbocycles. The SMILES string of the molecule is CCC(NC(=O)CCCN(C)S(=O)(=O)c1ccc(OC)cc1)c1ccc(C)cc1. The highest BCUT2D eigenvalue weighted by atomic mass is 32.2. The molecular formula is C22H30N2O4S. The molecule has 0 aliphatic carbocycles. The maximum absolute atomic E-state index is 12.6. The van der Waals surface area contributed by atoms with Crippen LogP contribution in [0.3, 0.4) is 0 Å². The summed E-state index contributed by atoms with van der Waals surface area (Å²) in [6, 6.07) is 14.3. The van der Waals surface area contributed by atoms with E-state index in [0.29, 0.717) is 12.2 Å². The van der Waals surface area contributed by atoms with Gasteiger partial charge in [0, 0.05) is 20.0 Å². The Morgan fingerprint density at radius 2 is 1.72 bits per heavy atom. The standard InChI is InChI=1S/C22H30N2O4S/c1-5-21(18-10-8-17(2)9-11-18)23-22(25)7-6-16-24(3)29(26,27)20-14-12-19(28-4)13-15-20/h8-15,21H,5-7,16H2,1-4H3,(H,23,25). The van der Waals surface area contributed by atoms with Crippen LogP contribution in [0.2, 0.25) is 0 Å². The van der Waals surface area contributed by atoms with Gasteiger partial charge in [-0.05, 0) is 49.6 Å². The minimum absolute atomic E-state index is 0.0381. The summed E-state index contributed by atoms with van der Waals surface area (Å²) < 4.78 is 31.6. The number of carbonyl (C=O) groups excluding carboxylic acids is 1. The van der Waals surface area contributed by atoms with Crippen LogP contribution < -0.4 is 10.1 Å². The van der Waals surface area contributed by atoms with Crippen LogP contribution in [0.1, 0.15) is 43.4 Å². The summed E-state index contributed by atoms with van der Waals surface area (Å²) in [6.07, 6.45) is 1.51. The fourth-order valence-electron chi connectivity index (χ4n) is 3.00. The van der Waals surface area contributed by atoms with E-state index in [9.17, 15) is 13.2 Å². The zero-order chi connectivity index (χ0) is 21.4. The number of nitrogens with zero attached hydrogens (tertiary/aromatic N) is 1. The maximum atomic E-state index is 12.6. The van der Waals surface area contributed by atoms with Gasteiger partial charge in [-0.25, -0.2) is 12.7 Å². The first kappa shape index (κ1) is 22.9. The average Bonchev–Trinajstić information content (AvgIpc) is 2.72. The van der Waals surface area contributed by atoms with Gasteiger partial charge in [-0.15, -0.1) is 0 Å². The molecule has 0 aromatic heterocycles. The molecule has 7 heteroatoms. The summed E-state index contributed by atoms with van der Waals surface area (Å²) in [4.78, 5) is 12.5. The highest BCUT2D eigenvalue weighted by Crippen LogP contribution is 2.20. The van der Waals surface area contributed by atoms with Crippen molar-refractivity contribution in [2.75, 3.05) is 20.7 Å². The summed E-state index contributed by atoms with van der Waals surface area (Å²) in [7, 11) is -0.534. The molecule has 2 rings (SSSR count). The van der Waals surface area contributed by atoms with Crippen molar-refractivity contribution in [3.05, 3.63) is 59.7 Å². The van der Waals surface area contributed by atoms with E-state index >= 15 is 0 Å². The molecule has 2 aromatic rings. The minimum atomic E-state index is -3.59. The molecule has 0 spiro atoms. The molecule has 0 bridgehead atoms. The van der Waals surface area contributed by atoms with Crippen molar-refractivity contribution in [2.24, 2.45) is 0 Å². The average molecular weight is 419 g/mol. The zero-order valence-corrected chi connectivity index (χ0v) is 18.3. The highest BCUT2D eigenvalue weighted by molar-refractivity contribution is 7.89. The van der Waals surface area contributed by atoms with Gasteiger partial charge in [0.25, 0.3) is 0 Å². The van der Waals surface area contributed by atoms with Crippen LogP contribution >= 0.6 is 0 Å². The molecule has 158 valence electrons. The first-order chi connectivity index (χ1) is 13.8. The Morgan fingerprint density at radius 1 is 1.10 bits per heavy atom.